The third-order valence-electron chi connectivity index (χ3n) is 3.95. The van der Waals surface area contributed by atoms with Gasteiger partial charge in [0.1, 0.15) is 0 Å². The molecular formula is C14H26N2OS. The SMILES string of the molecule is CCCC(CCC)(C(=O)NC1CCCC1)C(N)=S. The second-order valence-corrected chi connectivity index (χ2v) is 5.84. The summed E-state index contributed by atoms with van der Waals surface area (Å²) >= 11 is 5.19. The molecule has 0 aromatic carbocycles. The van der Waals surface area contributed by atoms with Crippen molar-refractivity contribution >= 4 is 23.1 Å². The molecule has 0 radical (unpaired) electrons. The molecule has 3 nitrogen and oxygen atoms in total. The van der Waals surface area contributed by atoms with E-state index < -0.39 is 5.41 Å². The van der Waals surface area contributed by atoms with Crippen LogP contribution in [0, 0.1) is 5.41 Å². The zero-order chi connectivity index (χ0) is 13.6. The molecule has 1 aliphatic rings. The topological polar surface area (TPSA) is 55.1 Å². The van der Waals surface area contributed by atoms with Gasteiger partial charge < -0.3 is 11.1 Å². The summed E-state index contributed by atoms with van der Waals surface area (Å²) in [6.07, 6.45) is 7.99. The van der Waals surface area contributed by atoms with E-state index in [1.807, 2.05) is 0 Å². The minimum Gasteiger partial charge on any atom is -0.392 e. The Hall–Kier alpha value is -0.640. The maximum Gasteiger partial charge on any atom is 0.233 e. The van der Waals surface area contributed by atoms with Crippen LogP contribution in [0.4, 0.5) is 0 Å². The van der Waals surface area contributed by atoms with Crippen molar-refractivity contribution in [3.8, 4) is 0 Å². The summed E-state index contributed by atoms with van der Waals surface area (Å²) < 4.78 is 0. The van der Waals surface area contributed by atoms with E-state index >= 15 is 0 Å². The van der Waals surface area contributed by atoms with Crippen molar-refractivity contribution in [2.45, 2.75) is 71.3 Å². The normalized spacial score (nSPS) is 16.8. The molecule has 0 bridgehead atoms. The van der Waals surface area contributed by atoms with Gasteiger partial charge in [0, 0.05) is 6.04 Å². The average molecular weight is 270 g/mol. The molecule has 3 N–H and O–H groups in total. The van der Waals surface area contributed by atoms with E-state index in [9.17, 15) is 4.79 Å². The molecule has 1 rings (SSSR count). The largest absolute Gasteiger partial charge is 0.392 e. The highest BCUT2D eigenvalue weighted by molar-refractivity contribution is 7.80. The maximum absolute atomic E-state index is 12.6. The van der Waals surface area contributed by atoms with Crippen molar-refractivity contribution in [2.75, 3.05) is 0 Å². The molecule has 0 spiro atoms. The molecule has 104 valence electrons. The highest BCUT2D eigenvalue weighted by atomic mass is 32.1. The summed E-state index contributed by atoms with van der Waals surface area (Å²) in [6.45, 7) is 4.15. The minimum absolute atomic E-state index is 0.0607. The molecule has 1 amide bonds. The first kappa shape index (κ1) is 15.4. The zero-order valence-electron chi connectivity index (χ0n) is 11.6. The van der Waals surface area contributed by atoms with Crippen molar-refractivity contribution in [3.05, 3.63) is 0 Å². The second-order valence-electron chi connectivity index (χ2n) is 5.40. The van der Waals surface area contributed by atoms with Crippen LogP contribution < -0.4 is 11.1 Å². The van der Waals surface area contributed by atoms with E-state index in [0.29, 0.717) is 11.0 Å². The van der Waals surface area contributed by atoms with Crippen molar-refractivity contribution < 1.29 is 4.79 Å². The molecule has 1 fully saturated rings. The molecule has 0 aromatic rings. The van der Waals surface area contributed by atoms with Gasteiger partial charge in [0.05, 0.1) is 10.4 Å². The van der Waals surface area contributed by atoms with E-state index in [-0.39, 0.29) is 5.91 Å². The van der Waals surface area contributed by atoms with Gasteiger partial charge in [-0.25, -0.2) is 0 Å². The fourth-order valence-electron chi connectivity index (χ4n) is 2.96. The second kappa shape index (κ2) is 7.07. The van der Waals surface area contributed by atoms with Crippen molar-refractivity contribution in [1.29, 1.82) is 0 Å². The maximum atomic E-state index is 12.6. The van der Waals surface area contributed by atoms with E-state index in [1.165, 1.54) is 12.8 Å². The quantitative estimate of drug-likeness (QED) is 0.699. The standard InChI is InChI=1S/C14H26N2OS/c1-3-9-14(10-4-2,12(15)18)13(17)16-11-7-5-6-8-11/h11H,3-10H2,1-2H3,(H2,15,18)(H,16,17). The Morgan fingerprint density at radius 3 is 2.17 bits per heavy atom. The third kappa shape index (κ3) is 3.44. The fourth-order valence-corrected chi connectivity index (χ4v) is 3.25. The monoisotopic (exact) mass is 270 g/mol. The zero-order valence-corrected chi connectivity index (χ0v) is 12.4. The predicted octanol–water partition coefficient (Wildman–Crippen LogP) is 2.92. The third-order valence-corrected chi connectivity index (χ3v) is 4.34. The fraction of sp³-hybridized carbons (Fsp3) is 0.857. The molecule has 0 atom stereocenters. The van der Waals surface area contributed by atoms with Crippen LogP contribution in [-0.2, 0) is 4.79 Å². The lowest BCUT2D eigenvalue weighted by atomic mass is 9.78. The number of carbonyl (C=O) groups excluding carboxylic acids is 1. The van der Waals surface area contributed by atoms with Crippen molar-refractivity contribution in [3.63, 3.8) is 0 Å². The number of rotatable bonds is 7. The molecule has 18 heavy (non-hydrogen) atoms. The number of nitrogens with one attached hydrogen (secondary N) is 1. The smallest absolute Gasteiger partial charge is 0.233 e. The Morgan fingerprint density at radius 2 is 1.78 bits per heavy atom. The Morgan fingerprint density at radius 1 is 1.28 bits per heavy atom. The van der Waals surface area contributed by atoms with Crippen molar-refractivity contribution in [2.24, 2.45) is 11.1 Å². The first-order chi connectivity index (χ1) is 8.56. The summed E-state index contributed by atoms with van der Waals surface area (Å²) in [5, 5.41) is 3.16. The Kier molecular flexibility index (Phi) is 6.06. The van der Waals surface area contributed by atoms with Gasteiger partial charge in [0.2, 0.25) is 5.91 Å². The molecule has 0 saturated heterocycles. The Bertz CT molecular complexity index is 292. The lowest BCUT2D eigenvalue weighted by Gasteiger charge is -2.32. The number of nitrogens with two attached hydrogens (primary N) is 1. The summed E-state index contributed by atoms with van der Waals surface area (Å²) in [5.74, 6) is 0.0607. The molecule has 0 heterocycles. The summed E-state index contributed by atoms with van der Waals surface area (Å²) in [4.78, 5) is 12.9. The first-order valence-electron chi connectivity index (χ1n) is 7.17. The van der Waals surface area contributed by atoms with Gasteiger partial charge in [0.25, 0.3) is 0 Å². The van der Waals surface area contributed by atoms with Crippen LogP contribution in [-0.4, -0.2) is 16.9 Å². The van der Waals surface area contributed by atoms with Crippen LogP contribution in [0.3, 0.4) is 0 Å². The summed E-state index contributed by atoms with van der Waals surface area (Å²) in [7, 11) is 0. The van der Waals surface area contributed by atoms with E-state index in [4.69, 9.17) is 18.0 Å². The Labute approximate surface area is 116 Å². The van der Waals surface area contributed by atoms with Gasteiger partial charge in [-0.3, -0.25) is 4.79 Å². The number of carbonyl (C=O) groups is 1. The molecule has 0 aromatic heterocycles. The number of thiocarbonyl (C=S) groups is 1. The van der Waals surface area contributed by atoms with Gasteiger partial charge in [-0.2, -0.15) is 0 Å². The van der Waals surface area contributed by atoms with Gasteiger partial charge in [0.15, 0.2) is 0 Å². The van der Waals surface area contributed by atoms with Crippen LogP contribution in [0.5, 0.6) is 0 Å². The van der Waals surface area contributed by atoms with Crippen LogP contribution in [0.2, 0.25) is 0 Å². The molecule has 0 aliphatic heterocycles. The highest BCUT2D eigenvalue weighted by Gasteiger charge is 2.40. The van der Waals surface area contributed by atoms with E-state index in [2.05, 4.69) is 19.2 Å². The summed E-state index contributed by atoms with van der Waals surface area (Å²) in [5.41, 5.74) is 5.27. The lowest BCUT2D eigenvalue weighted by Crippen LogP contribution is -2.51. The predicted molar refractivity (Wildman–Crippen MR) is 79.4 cm³/mol. The van der Waals surface area contributed by atoms with E-state index in [0.717, 1.165) is 38.5 Å². The van der Waals surface area contributed by atoms with Crippen LogP contribution in [0.1, 0.15) is 65.2 Å². The van der Waals surface area contributed by atoms with Crippen LogP contribution in [0.15, 0.2) is 0 Å². The number of hydrogen-bond donors (Lipinski definition) is 2. The lowest BCUT2D eigenvalue weighted by molar-refractivity contribution is -0.128. The average Bonchev–Trinajstić information content (AvgIpc) is 2.80. The molecule has 0 unspecified atom stereocenters. The highest BCUT2D eigenvalue weighted by Crippen LogP contribution is 2.32. The van der Waals surface area contributed by atoms with Gasteiger partial charge in [-0.05, 0) is 25.7 Å². The van der Waals surface area contributed by atoms with Gasteiger partial charge in [-0.15, -0.1) is 0 Å². The number of hydrogen-bond acceptors (Lipinski definition) is 2. The van der Waals surface area contributed by atoms with Crippen LogP contribution in [0.25, 0.3) is 0 Å². The summed E-state index contributed by atoms with van der Waals surface area (Å²) in [6, 6.07) is 0.333. The molecule has 4 heteroatoms. The molecular weight excluding hydrogens is 244 g/mol. The molecule has 1 saturated carbocycles. The first-order valence-corrected chi connectivity index (χ1v) is 7.58. The van der Waals surface area contributed by atoms with Crippen molar-refractivity contribution in [1.82, 2.24) is 5.32 Å². The van der Waals surface area contributed by atoms with Gasteiger partial charge >= 0.3 is 0 Å². The molecule has 1 aliphatic carbocycles. The Balaban J connectivity index is 2.78. The van der Waals surface area contributed by atoms with E-state index in [1.54, 1.807) is 0 Å². The minimum atomic E-state index is -0.624. The van der Waals surface area contributed by atoms with Gasteiger partial charge in [-0.1, -0.05) is 51.7 Å². The van der Waals surface area contributed by atoms with Crippen LogP contribution >= 0.6 is 12.2 Å². The number of amides is 1.